The monoisotopic (exact) mass is 437 g/mol. The molecule has 160 valence electrons. The Kier molecular flexibility index (Phi) is 7.32. The minimum atomic E-state index is -0.106. The van der Waals surface area contributed by atoms with E-state index >= 15 is 0 Å². The molecule has 0 aromatic heterocycles. The van der Waals surface area contributed by atoms with Crippen LogP contribution in [0.25, 0.3) is 11.1 Å². The van der Waals surface area contributed by atoms with Gasteiger partial charge in [-0.1, -0.05) is 30.3 Å². The Hall–Kier alpha value is -3.30. The van der Waals surface area contributed by atoms with Gasteiger partial charge >= 0.3 is 0 Å². The predicted molar refractivity (Wildman–Crippen MR) is 120 cm³/mol. The zero-order valence-electron chi connectivity index (χ0n) is 17.4. The standard InChI is InChI=1S/C24H24ClN3O3/c1-3-23(29)27-9-11-28(12-10-27)24(30)8-7-19-14-20(21(25)15-22(19)31-2)18-6-4-5-17(13-18)16-26/h3-6,13-15H,1,7-12H2,2H3. The summed E-state index contributed by atoms with van der Waals surface area (Å²) in [5.41, 5.74) is 3.05. The summed E-state index contributed by atoms with van der Waals surface area (Å²) in [6, 6.07) is 13.0. The molecule has 2 aromatic rings. The zero-order chi connectivity index (χ0) is 22.4. The topological polar surface area (TPSA) is 73.6 Å². The highest BCUT2D eigenvalue weighted by molar-refractivity contribution is 6.33. The minimum Gasteiger partial charge on any atom is -0.496 e. The number of ether oxygens (including phenoxy) is 1. The molecule has 0 aliphatic carbocycles. The molecule has 1 saturated heterocycles. The Morgan fingerprint density at radius 2 is 1.90 bits per heavy atom. The Morgan fingerprint density at radius 3 is 2.55 bits per heavy atom. The number of rotatable bonds is 6. The normalized spacial score (nSPS) is 13.5. The fraction of sp³-hybridized carbons (Fsp3) is 0.292. The van der Waals surface area contributed by atoms with Crippen molar-refractivity contribution < 1.29 is 14.3 Å². The molecule has 1 aliphatic rings. The zero-order valence-corrected chi connectivity index (χ0v) is 18.2. The average molecular weight is 438 g/mol. The third-order valence-corrected chi connectivity index (χ3v) is 5.71. The summed E-state index contributed by atoms with van der Waals surface area (Å²) in [5, 5.41) is 9.69. The fourth-order valence-electron chi connectivity index (χ4n) is 3.67. The molecule has 2 amide bonds. The van der Waals surface area contributed by atoms with Gasteiger partial charge in [0.25, 0.3) is 0 Å². The SMILES string of the molecule is C=CC(=O)N1CCN(C(=O)CCc2cc(-c3cccc(C#N)c3)c(Cl)cc2OC)CC1. The van der Waals surface area contributed by atoms with Crippen molar-refractivity contribution in [3.05, 3.63) is 65.2 Å². The minimum absolute atomic E-state index is 0.0377. The van der Waals surface area contributed by atoms with Crippen molar-refractivity contribution in [3.8, 4) is 22.9 Å². The van der Waals surface area contributed by atoms with Gasteiger partial charge in [0.15, 0.2) is 0 Å². The maximum absolute atomic E-state index is 12.7. The van der Waals surface area contributed by atoms with Crippen LogP contribution in [0, 0.1) is 11.3 Å². The van der Waals surface area contributed by atoms with E-state index in [1.165, 1.54) is 6.08 Å². The third-order valence-electron chi connectivity index (χ3n) is 5.40. The lowest BCUT2D eigenvalue weighted by atomic mass is 9.98. The van der Waals surface area contributed by atoms with Gasteiger partial charge in [-0.05, 0) is 47.9 Å². The van der Waals surface area contributed by atoms with Gasteiger partial charge in [0, 0.05) is 38.2 Å². The summed E-state index contributed by atoms with van der Waals surface area (Å²) in [4.78, 5) is 27.9. The molecular formula is C24H24ClN3O3. The lowest BCUT2D eigenvalue weighted by Crippen LogP contribution is -2.50. The van der Waals surface area contributed by atoms with E-state index in [-0.39, 0.29) is 11.8 Å². The number of nitriles is 1. The molecule has 6 nitrogen and oxygen atoms in total. The predicted octanol–water partition coefficient (Wildman–Crippen LogP) is 3.68. The third kappa shape index (κ3) is 5.25. The molecule has 0 saturated carbocycles. The number of piperazine rings is 1. The maximum atomic E-state index is 12.7. The Labute approximate surface area is 187 Å². The van der Waals surface area contributed by atoms with Crippen LogP contribution in [0.3, 0.4) is 0 Å². The molecule has 0 unspecified atom stereocenters. The number of hydrogen-bond acceptors (Lipinski definition) is 4. The van der Waals surface area contributed by atoms with Crippen LogP contribution < -0.4 is 4.74 Å². The van der Waals surface area contributed by atoms with Crippen LogP contribution in [0.15, 0.2) is 49.1 Å². The average Bonchev–Trinajstić information content (AvgIpc) is 2.82. The number of aryl methyl sites for hydroxylation is 1. The van der Waals surface area contributed by atoms with E-state index in [1.54, 1.807) is 35.1 Å². The van der Waals surface area contributed by atoms with Gasteiger partial charge in [-0.15, -0.1) is 0 Å². The van der Waals surface area contributed by atoms with Crippen LogP contribution in [-0.4, -0.2) is 54.9 Å². The second kappa shape index (κ2) is 10.1. The number of methoxy groups -OCH3 is 1. The van der Waals surface area contributed by atoms with E-state index in [9.17, 15) is 14.9 Å². The van der Waals surface area contributed by atoms with Crippen molar-refractivity contribution in [1.82, 2.24) is 9.80 Å². The highest BCUT2D eigenvalue weighted by Crippen LogP contribution is 2.35. The van der Waals surface area contributed by atoms with Crippen LogP contribution in [0.1, 0.15) is 17.5 Å². The summed E-state index contributed by atoms with van der Waals surface area (Å²) < 4.78 is 5.48. The lowest BCUT2D eigenvalue weighted by Gasteiger charge is -2.34. The van der Waals surface area contributed by atoms with Crippen molar-refractivity contribution in [2.75, 3.05) is 33.3 Å². The van der Waals surface area contributed by atoms with Crippen LogP contribution in [-0.2, 0) is 16.0 Å². The van der Waals surface area contributed by atoms with E-state index in [1.807, 2.05) is 18.2 Å². The summed E-state index contributed by atoms with van der Waals surface area (Å²) in [6.45, 7) is 5.57. The Bertz CT molecular complexity index is 1040. The number of carbonyl (C=O) groups is 2. The van der Waals surface area contributed by atoms with E-state index in [0.29, 0.717) is 55.4 Å². The quantitative estimate of drug-likeness (QED) is 0.646. The molecule has 31 heavy (non-hydrogen) atoms. The van der Waals surface area contributed by atoms with Gasteiger partial charge in [-0.25, -0.2) is 0 Å². The molecular weight excluding hydrogens is 414 g/mol. The summed E-state index contributed by atoms with van der Waals surface area (Å²) in [7, 11) is 1.57. The number of hydrogen-bond donors (Lipinski definition) is 0. The maximum Gasteiger partial charge on any atom is 0.246 e. The van der Waals surface area contributed by atoms with Crippen LogP contribution in [0.2, 0.25) is 5.02 Å². The van der Waals surface area contributed by atoms with Gasteiger partial charge in [0.05, 0.1) is 23.8 Å². The van der Waals surface area contributed by atoms with Gasteiger partial charge in [-0.2, -0.15) is 5.26 Å². The highest BCUT2D eigenvalue weighted by atomic mass is 35.5. The number of carbonyl (C=O) groups excluding carboxylic acids is 2. The second-order valence-corrected chi connectivity index (χ2v) is 7.65. The molecule has 0 bridgehead atoms. The number of amides is 2. The number of halogens is 1. The molecule has 3 rings (SSSR count). The van der Waals surface area contributed by atoms with Crippen LogP contribution in [0.4, 0.5) is 0 Å². The first kappa shape index (κ1) is 22.4. The smallest absolute Gasteiger partial charge is 0.246 e. The van der Waals surface area contributed by atoms with Gasteiger partial charge in [0.1, 0.15) is 5.75 Å². The molecule has 1 heterocycles. The Balaban J connectivity index is 1.72. The molecule has 0 atom stereocenters. The van der Waals surface area contributed by atoms with Crippen molar-refractivity contribution in [2.24, 2.45) is 0 Å². The van der Waals surface area contributed by atoms with Gasteiger partial charge in [0.2, 0.25) is 11.8 Å². The second-order valence-electron chi connectivity index (χ2n) is 7.25. The van der Waals surface area contributed by atoms with Crippen LogP contribution in [0.5, 0.6) is 5.75 Å². The first-order valence-electron chi connectivity index (χ1n) is 10.0. The molecule has 7 heteroatoms. The van der Waals surface area contributed by atoms with Gasteiger partial charge in [-0.3, -0.25) is 9.59 Å². The van der Waals surface area contributed by atoms with Crippen molar-refractivity contribution in [1.29, 1.82) is 5.26 Å². The van der Waals surface area contributed by atoms with E-state index < -0.39 is 0 Å². The van der Waals surface area contributed by atoms with E-state index in [2.05, 4.69) is 12.6 Å². The summed E-state index contributed by atoms with van der Waals surface area (Å²) in [5.74, 6) is 0.557. The Morgan fingerprint density at radius 1 is 1.19 bits per heavy atom. The highest BCUT2D eigenvalue weighted by Gasteiger charge is 2.23. The molecule has 1 fully saturated rings. The van der Waals surface area contributed by atoms with Crippen molar-refractivity contribution >= 4 is 23.4 Å². The molecule has 0 radical (unpaired) electrons. The summed E-state index contributed by atoms with van der Waals surface area (Å²) >= 11 is 6.47. The molecule has 1 aliphatic heterocycles. The molecule has 2 aromatic carbocycles. The molecule has 0 N–H and O–H groups in total. The largest absolute Gasteiger partial charge is 0.496 e. The number of benzene rings is 2. The van der Waals surface area contributed by atoms with Gasteiger partial charge < -0.3 is 14.5 Å². The molecule has 0 spiro atoms. The van der Waals surface area contributed by atoms with E-state index in [0.717, 1.165) is 16.7 Å². The van der Waals surface area contributed by atoms with E-state index in [4.69, 9.17) is 16.3 Å². The van der Waals surface area contributed by atoms with Crippen molar-refractivity contribution in [2.45, 2.75) is 12.8 Å². The first-order valence-corrected chi connectivity index (χ1v) is 10.4. The van der Waals surface area contributed by atoms with Crippen LogP contribution >= 0.6 is 11.6 Å². The number of nitrogens with zero attached hydrogens (tertiary/aromatic N) is 3. The summed E-state index contributed by atoms with van der Waals surface area (Å²) in [6.07, 6.45) is 2.12. The first-order chi connectivity index (χ1) is 15.0. The lowest BCUT2D eigenvalue weighted by molar-refractivity contribution is -0.137. The fourth-order valence-corrected chi connectivity index (χ4v) is 3.93. The van der Waals surface area contributed by atoms with Crippen molar-refractivity contribution in [3.63, 3.8) is 0 Å².